The number of nitrogens with one attached hydrogen (secondary N) is 1. The van der Waals surface area contributed by atoms with Crippen LogP contribution < -0.4 is 15.8 Å². The van der Waals surface area contributed by atoms with Gasteiger partial charge in [-0.05, 0) is 48.0 Å². The summed E-state index contributed by atoms with van der Waals surface area (Å²) in [5.74, 6) is -1.19. The molecule has 30 heavy (non-hydrogen) atoms. The molecular weight excluding hydrogens is 384 g/mol. The Labute approximate surface area is 173 Å². The maximum absolute atomic E-state index is 12.2. The highest BCUT2D eigenvalue weighted by Crippen LogP contribution is 2.16. The first kappa shape index (κ1) is 20.6. The van der Waals surface area contributed by atoms with Crippen LogP contribution >= 0.6 is 0 Å². The highest BCUT2D eigenvalue weighted by Gasteiger charge is 2.12. The zero-order valence-corrected chi connectivity index (χ0v) is 16.0. The molecule has 0 atom stereocenters. The minimum absolute atomic E-state index is 0.277. The minimum atomic E-state index is -0.639. The molecule has 0 bridgehead atoms. The largest absolute Gasteiger partial charge is 0.489 e. The van der Waals surface area contributed by atoms with E-state index in [1.165, 1.54) is 24.3 Å². The molecule has 3 N–H and O–H groups in total. The number of esters is 1. The predicted molar refractivity (Wildman–Crippen MR) is 111 cm³/mol. The zero-order chi connectivity index (χ0) is 21.3. The van der Waals surface area contributed by atoms with Gasteiger partial charge in [0.15, 0.2) is 6.61 Å². The molecule has 0 spiro atoms. The highest BCUT2D eigenvalue weighted by molar-refractivity contribution is 5.96. The second-order valence-electron chi connectivity index (χ2n) is 6.37. The third kappa shape index (κ3) is 5.93. The van der Waals surface area contributed by atoms with Crippen LogP contribution in [-0.2, 0) is 16.1 Å². The number of primary amides is 1. The summed E-state index contributed by atoms with van der Waals surface area (Å²) in [6.45, 7) is -0.0816. The Morgan fingerprint density at radius 2 is 1.57 bits per heavy atom. The van der Waals surface area contributed by atoms with Gasteiger partial charge in [0, 0.05) is 11.3 Å². The van der Waals surface area contributed by atoms with E-state index in [0.29, 0.717) is 23.6 Å². The fourth-order valence-corrected chi connectivity index (χ4v) is 2.58. The van der Waals surface area contributed by atoms with E-state index in [9.17, 15) is 14.4 Å². The summed E-state index contributed by atoms with van der Waals surface area (Å²) in [5.41, 5.74) is 7.23. The second kappa shape index (κ2) is 9.88. The number of amides is 2. The summed E-state index contributed by atoms with van der Waals surface area (Å²) >= 11 is 0. The van der Waals surface area contributed by atoms with Crippen molar-refractivity contribution in [3.05, 3.63) is 95.6 Å². The third-order valence-corrected chi connectivity index (χ3v) is 4.11. The van der Waals surface area contributed by atoms with Crippen LogP contribution in [0.1, 0.15) is 26.3 Å². The second-order valence-corrected chi connectivity index (χ2v) is 6.37. The lowest BCUT2D eigenvalue weighted by Crippen LogP contribution is -2.21. The molecule has 0 fully saturated rings. The number of ether oxygens (including phenoxy) is 2. The van der Waals surface area contributed by atoms with Gasteiger partial charge in [-0.3, -0.25) is 9.59 Å². The maximum Gasteiger partial charge on any atom is 0.338 e. The SMILES string of the molecule is NC(=O)c1ccc(NC(=O)COC(=O)c2cccc(OCc3ccccc3)c2)cc1. The van der Waals surface area contributed by atoms with E-state index in [-0.39, 0.29) is 5.56 Å². The molecule has 0 heterocycles. The van der Waals surface area contributed by atoms with Gasteiger partial charge in [0.25, 0.3) is 5.91 Å². The van der Waals surface area contributed by atoms with Gasteiger partial charge in [0.1, 0.15) is 12.4 Å². The van der Waals surface area contributed by atoms with E-state index in [1.807, 2.05) is 30.3 Å². The molecule has 0 unspecified atom stereocenters. The quantitative estimate of drug-likeness (QED) is 0.561. The van der Waals surface area contributed by atoms with Crippen molar-refractivity contribution in [2.24, 2.45) is 5.73 Å². The highest BCUT2D eigenvalue weighted by atomic mass is 16.5. The lowest BCUT2D eigenvalue weighted by molar-refractivity contribution is -0.119. The summed E-state index contributed by atoms with van der Waals surface area (Å²) < 4.78 is 10.8. The molecule has 0 saturated heterocycles. The Kier molecular flexibility index (Phi) is 6.78. The van der Waals surface area contributed by atoms with Crippen LogP contribution in [0.15, 0.2) is 78.9 Å². The Hall–Kier alpha value is -4.13. The summed E-state index contributed by atoms with van der Waals surface area (Å²) in [6, 6.07) is 22.3. The van der Waals surface area contributed by atoms with E-state index in [0.717, 1.165) is 5.56 Å². The fourth-order valence-electron chi connectivity index (χ4n) is 2.58. The van der Waals surface area contributed by atoms with Crippen LogP contribution in [0.4, 0.5) is 5.69 Å². The number of carbonyl (C=O) groups excluding carboxylic acids is 3. The topological polar surface area (TPSA) is 108 Å². The third-order valence-electron chi connectivity index (χ3n) is 4.11. The van der Waals surface area contributed by atoms with Crippen molar-refractivity contribution in [2.45, 2.75) is 6.61 Å². The van der Waals surface area contributed by atoms with Crippen LogP contribution in [0.5, 0.6) is 5.75 Å². The Bertz CT molecular complexity index is 1030. The zero-order valence-electron chi connectivity index (χ0n) is 16.0. The van der Waals surface area contributed by atoms with E-state index in [2.05, 4.69) is 5.32 Å². The van der Waals surface area contributed by atoms with Crippen LogP contribution in [0.3, 0.4) is 0 Å². The Balaban J connectivity index is 1.50. The fraction of sp³-hybridized carbons (Fsp3) is 0.0870. The Morgan fingerprint density at radius 1 is 0.833 bits per heavy atom. The normalized spacial score (nSPS) is 10.1. The standard InChI is InChI=1S/C23H20N2O5/c24-22(27)17-9-11-19(12-10-17)25-21(26)15-30-23(28)18-7-4-8-20(13-18)29-14-16-5-2-1-3-6-16/h1-13H,14-15H2,(H2,24,27)(H,25,26). The van der Waals surface area contributed by atoms with E-state index >= 15 is 0 Å². The molecule has 7 heteroatoms. The molecule has 0 aliphatic heterocycles. The number of hydrogen-bond acceptors (Lipinski definition) is 5. The number of benzene rings is 3. The number of rotatable bonds is 8. The molecule has 0 aliphatic carbocycles. The monoisotopic (exact) mass is 404 g/mol. The number of anilines is 1. The lowest BCUT2D eigenvalue weighted by Gasteiger charge is -2.09. The first-order valence-electron chi connectivity index (χ1n) is 9.15. The van der Waals surface area contributed by atoms with Gasteiger partial charge in [-0.2, -0.15) is 0 Å². The summed E-state index contributed by atoms with van der Waals surface area (Å²) in [5, 5.41) is 2.57. The molecule has 2 amide bonds. The van der Waals surface area contributed by atoms with Gasteiger partial charge in [-0.25, -0.2) is 4.79 Å². The van der Waals surface area contributed by atoms with Crippen molar-refractivity contribution in [3.63, 3.8) is 0 Å². The van der Waals surface area contributed by atoms with Crippen molar-refractivity contribution in [3.8, 4) is 5.75 Å². The average Bonchev–Trinajstić information content (AvgIpc) is 2.77. The maximum atomic E-state index is 12.2. The van der Waals surface area contributed by atoms with Crippen LogP contribution in [0.25, 0.3) is 0 Å². The number of hydrogen-bond donors (Lipinski definition) is 2. The molecular formula is C23H20N2O5. The van der Waals surface area contributed by atoms with Gasteiger partial charge >= 0.3 is 5.97 Å². The molecule has 3 rings (SSSR count). The molecule has 152 valence electrons. The molecule has 3 aromatic carbocycles. The number of carbonyl (C=O) groups is 3. The smallest absolute Gasteiger partial charge is 0.338 e. The van der Waals surface area contributed by atoms with Crippen molar-refractivity contribution < 1.29 is 23.9 Å². The first-order chi connectivity index (χ1) is 14.5. The van der Waals surface area contributed by atoms with E-state index in [1.54, 1.807) is 24.3 Å². The van der Waals surface area contributed by atoms with Gasteiger partial charge in [0.05, 0.1) is 5.56 Å². The minimum Gasteiger partial charge on any atom is -0.489 e. The van der Waals surface area contributed by atoms with Crippen molar-refractivity contribution in [2.75, 3.05) is 11.9 Å². The molecule has 3 aromatic rings. The molecule has 7 nitrogen and oxygen atoms in total. The van der Waals surface area contributed by atoms with Crippen molar-refractivity contribution in [1.82, 2.24) is 0 Å². The number of nitrogens with two attached hydrogens (primary N) is 1. The molecule has 0 radical (unpaired) electrons. The van der Waals surface area contributed by atoms with Gasteiger partial charge in [-0.15, -0.1) is 0 Å². The average molecular weight is 404 g/mol. The van der Waals surface area contributed by atoms with E-state index in [4.69, 9.17) is 15.2 Å². The summed E-state index contributed by atoms with van der Waals surface area (Å²) in [6.07, 6.45) is 0. The van der Waals surface area contributed by atoms with Gasteiger partial charge in [-0.1, -0.05) is 36.4 Å². The predicted octanol–water partition coefficient (Wildman–Crippen LogP) is 3.16. The Morgan fingerprint density at radius 3 is 2.27 bits per heavy atom. The first-order valence-corrected chi connectivity index (χ1v) is 9.15. The molecule has 0 saturated carbocycles. The molecule has 0 aromatic heterocycles. The van der Waals surface area contributed by atoms with E-state index < -0.39 is 24.4 Å². The summed E-state index contributed by atoms with van der Waals surface area (Å²) in [4.78, 5) is 35.3. The van der Waals surface area contributed by atoms with Gasteiger partial charge in [0.2, 0.25) is 5.91 Å². The van der Waals surface area contributed by atoms with Crippen LogP contribution in [0.2, 0.25) is 0 Å². The molecule has 0 aliphatic rings. The summed E-state index contributed by atoms with van der Waals surface area (Å²) in [7, 11) is 0. The van der Waals surface area contributed by atoms with Gasteiger partial charge < -0.3 is 20.5 Å². The van der Waals surface area contributed by atoms with Crippen LogP contribution in [0, 0.1) is 0 Å². The lowest BCUT2D eigenvalue weighted by atomic mass is 10.2. The van der Waals surface area contributed by atoms with Crippen molar-refractivity contribution >= 4 is 23.5 Å². The van der Waals surface area contributed by atoms with Crippen LogP contribution in [-0.4, -0.2) is 24.4 Å². The van der Waals surface area contributed by atoms with Crippen molar-refractivity contribution in [1.29, 1.82) is 0 Å².